The van der Waals surface area contributed by atoms with Crippen molar-refractivity contribution in [3.63, 3.8) is 0 Å². The molecule has 3 nitrogen and oxygen atoms in total. The molecule has 118 valence electrons. The van der Waals surface area contributed by atoms with Gasteiger partial charge in [0.25, 0.3) is 5.56 Å². The quantitative estimate of drug-likeness (QED) is 0.782. The van der Waals surface area contributed by atoms with Crippen molar-refractivity contribution >= 4 is 16.6 Å². The summed E-state index contributed by atoms with van der Waals surface area (Å²) in [6.45, 7) is 7.02. The molecule has 1 N–H and O–H groups in total. The molecule has 0 unspecified atom stereocenters. The largest absolute Gasteiger partial charge is 0.364 e. The van der Waals surface area contributed by atoms with Gasteiger partial charge in [0.15, 0.2) is 0 Å². The Balaban J connectivity index is 2.03. The van der Waals surface area contributed by atoms with Gasteiger partial charge in [0, 0.05) is 29.4 Å². The summed E-state index contributed by atoms with van der Waals surface area (Å²) in [6, 6.07) is 18.5. The number of anilines is 1. The Morgan fingerprint density at radius 1 is 1.04 bits per heavy atom. The molecule has 23 heavy (non-hydrogen) atoms. The van der Waals surface area contributed by atoms with Crippen molar-refractivity contribution in [2.45, 2.75) is 33.4 Å². The van der Waals surface area contributed by atoms with Crippen LogP contribution in [0.2, 0.25) is 0 Å². The monoisotopic (exact) mass is 306 g/mol. The molecule has 0 aliphatic rings. The third-order valence-corrected chi connectivity index (χ3v) is 4.22. The van der Waals surface area contributed by atoms with Gasteiger partial charge < -0.3 is 9.88 Å². The van der Waals surface area contributed by atoms with Crippen molar-refractivity contribution in [1.29, 1.82) is 0 Å². The number of benzene rings is 2. The van der Waals surface area contributed by atoms with Gasteiger partial charge in [-0.05, 0) is 49.9 Å². The first-order chi connectivity index (χ1) is 11.1. The predicted molar refractivity (Wildman–Crippen MR) is 97.1 cm³/mol. The number of para-hydroxylation sites is 2. The molecule has 0 amide bonds. The summed E-state index contributed by atoms with van der Waals surface area (Å²) in [7, 11) is 0. The van der Waals surface area contributed by atoms with Gasteiger partial charge in [-0.2, -0.15) is 0 Å². The van der Waals surface area contributed by atoms with E-state index in [1.54, 1.807) is 0 Å². The maximum Gasteiger partial charge on any atom is 0.253 e. The smallest absolute Gasteiger partial charge is 0.253 e. The van der Waals surface area contributed by atoms with E-state index in [9.17, 15) is 4.79 Å². The molecule has 0 bridgehead atoms. The average Bonchev–Trinajstić information content (AvgIpc) is 2.53. The number of nitrogens with one attached hydrogen (secondary N) is 1. The molecule has 0 aliphatic carbocycles. The van der Waals surface area contributed by atoms with Gasteiger partial charge in [-0.3, -0.25) is 4.79 Å². The summed E-state index contributed by atoms with van der Waals surface area (Å²) in [4.78, 5) is 17.7. The molecule has 1 aromatic heterocycles. The minimum absolute atomic E-state index is 0.0112. The number of aromatic amines is 1. The Bertz CT molecular complexity index is 880. The number of H-pyrrole nitrogens is 1. The summed E-state index contributed by atoms with van der Waals surface area (Å²) in [5.74, 6) is 0. The van der Waals surface area contributed by atoms with E-state index in [0.717, 1.165) is 16.5 Å². The van der Waals surface area contributed by atoms with Crippen LogP contribution in [-0.4, -0.2) is 11.0 Å². The first-order valence-corrected chi connectivity index (χ1v) is 7.99. The highest BCUT2D eigenvalue weighted by atomic mass is 16.1. The van der Waals surface area contributed by atoms with Crippen LogP contribution in [0.4, 0.5) is 5.69 Å². The lowest BCUT2D eigenvalue weighted by molar-refractivity contribution is 0.677. The maximum absolute atomic E-state index is 12.4. The van der Waals surface area contributed by atoms with Crippen molar-refractivity contribution in [3.8, 4) is 0 Å². The van der Waals surface area contributed by atoms with E-state index in [4.69, 9.17) is 0 Å². The Hall–Kier alpha value is -2.55. The summed E-state index contributed by atoms with van der Waals surface area (Å²) in [5.41, 5.74) is 4.06. The fourth-order valence-corrected chi connectivity index (χ4v) is 2.93. The number of fused-ring (bicyclic) bond motifs is 1. The van der Waals surface area contributed by atoms with Crippen molar-refractivity contribution in [2.24, 2.45) is 0 Å². The second-order valence-electron chi connectivity index (χ2n) is 6.22. The number of hydrogen-bond acceptors (Lipinski definition) is 2. The molecular formula is C20H22N2O. The first-order valence-electron chi connectivity index (χ1n) is 7.99. The van der Waals surface area contributed by atoms with Crippen LogP contribution < -0.4 is 10.5 Å². The van der Waals surface area contributed by atoms with Crippen LogP contribution in [0.1, 0.15) is 25.0 Å². The van der Waals surface area contributed by atoms with Crippen molar-refractivity contribution in [2.75, 3.05) is 4.90 Å². The molecule has 0 spiro atoms. The Labute approximate surface area is 136 Å². The van der Waals surface area contributed by atoms with E-state index in [2.05, 4.69) is 42.8 Å². The van der Waals surface area contributed by atoms with E-state index in [0.29, 0.717) is 12.6 Å². The average molecular weight is 306 g/mol. The molecule has 0 radical (unpaired) electrons. The lowest BCUT2D eigenvalue weighted by atomic mass is 10.1. The SMILES string of the molecule is Cc1ccccc1N(Cc1cc2ccccc2[nH]c1=O)C(C)C. The van der Waals surface area contributed by atoms with Crippen LogP contribution in [-0.2, 0) is 6.54 Å². The fraction of sp³-hybridized carbons (Fsp3) is 0.250. The number of aromatic nitrogens is 1. The first kappa shape index (κ1) is 15.3. The van der Waals surface area contributed by atoms with Crippen LogP contribution in [0.15, 0.2) is 59.4 Å². The van der Waals surface area contributed by atoms with Crippen LogP contribution in [0, 0.1) is 6.92 Å². The van der Waals surface area contributed by atoms with Crippen LogP contribution >= 0.6 is 0 Å². The van der Waals surface area contributed by atoms with Crippen molar-refractivity contribution in [1.82, 2.24) is 4.98 Å². The van der Waals surface area contributed by atoms with Gasteiger partial charge in [0.05, 0.1) is 0 Å². The molecule has 3 rings (SSSR count). The number of nitrogens with zero attached hydrogens (tertiary/aromatic N) is 1. The molecular weight excluding hydrogens is 284 g/mol. The summed E-state index contributed by atoms with van der Waals surface area (Å²) in [6.07, 6.45) is 0. The molecule has 0 saturated carbocycles. The number of hydrogen-bond donors (Lipinski definition) is 1. The minimum Gasteiger partial charge on any atom is -0.364 e. The van der Waals surface area contributed by atoms with E-state index in [-0.39, 0.29) is 5.56 Å². The van der Waals surface area contributed by atoms with Gasteiger partial charge in [-0.15, -0.1) is 0 Å². The second kappa shape index (κ2) is 6.29. The lowest BCUT2D eigenvalue weighted by Gasteiger charge is -2.30. The molecule has 0 fully saturated rings. The number of aryl methyl sites for hydroxylation is 1. The maximum atomic E-state index is 12.4. The van der Waals surface area contributed by atoms with E-state index in [1.165, 1.54) is 11.3 Å². The Kier molecular flexibility index (Phi) is 4.20. The zero-order valence-electron chi connectivity index (χ0n) is 13.8. The third-order valence-electron chi connectivity index (χ3n) is 4.22. The zero-order valence-corrected chi connectivity index (χ0v) is 13.8. The van der Waals surface area contributed by atoms with E-state index in [1.807, 2.05) is 42.5 Å². The number of pyridine rings is 1. The highest BCUT2D eigenvalue weighted by molar-refractivity contribution is 5.78. The van der Waals surface area contributed by atoms with E-state index >= 15 is 0 Å². The van der Waals surface area contributed by atoms with E-state index < -0.39 is 0 Å². The van der Waals surface area contributed by atoms with Gasteiger partial charge in [-0.25, -0.2) is 0 Å². The minimum atomic E-state index is -0.0112. The van der Waals surface area contributed by atoms with Gasteiger partial charge >= 0.3 is 0 Å². The molecule has 1 heterocycles. The molecule has 0 atom stereocenters. The fourth-order valence-electron chi connectivity index (χ4n) is 2.93. The summed E-state index contributed by atoms with van der Waals surface area (Å²) in [5, 5.41) is 1.07. The number of rotatable bonds is 4. The van der Waals surface area contributed by atoms with Crippen LogP contribution in [0.5, 0.6) is 0 Å². The Morgan fingerprint density at radius 2 is 1.74 bits per heavy atom. The third kappa shape index (κ3) is 3.14. The summed E-state index contributed by atoms with van der Waals surface area (Å²) >= 11 is 0. The Morgan fingerprint density at radius 3 is 2.48 bits per heavy atom. The van der Waals surface area contributed by atoms with Crippen LogP contribution in [0.3, 0.4) is 0 Å². The van der Waals surface area contributed by atoms with Gasteiger partial charge in [-0.1, -0.05) is 36.4 Å². The predicted octanol–water partition coefficient (Wildman–Crippen LogP) is 4.25. The summed E-state index contributed by atoms with van der Waals surface area (Å²) < 4.78 is 0. The molecule has 3 aromatic rings. The highest BCUT2D eigenvalue weighted by Gasteiger charge is 2.15. The molecule has 2 aromatic carbocycles. The molecule has 0 aliphatic heterocycles. The van der Waals surface area contributed by atoms with Gasteiger partial charge in [0.2, 0.25) is 0 Å². The molecule has 0 saturated heterocycles. The molecule has 3 heteroatoms. The second-order valence-corrected chi connectivity index (χ2v) is 6.22. The van der Waals surface area contributed by atoms with Crippen LogP contribution in [0.25, 0.3) is 10.9 Å². The lowest BCUT2D eigenvalue weighted by Crippen LogP contribution is -2.33. The van der Waals surface area contributed by atoms with Crippen molar-refractivity contribution < 1.29 is 0 Å². The zero-order chi connectivity index (χ0) is 16.4. The van der Waals surface area contributed by atoms with Crippen molar-refractivity contribution in [3.05, 3.63) is 76.1 Å². The van der Waals surface area contributed by atoms with Gasteiger partial charge in [0.1, 0.15) is 0 Å². The highest BCUT2D eigenvalue weighted by Crippen LogP contribution is 2.23. The standard InChI is InChI=1S/C20H22N2O/c1-14(2)22(19-11-7-4-8-15(19)3)13-17-12-16-9-5-6-10-18(16)21-20(17)23/h4-12,14H,13H2,1-3H3,(H,21,23). The normalized spacial score (nSPS) is 11.1. The topological polar surface area (TPSA) is 36.1 Å².